The quantitative estimate of drug-likeness (QED) is 0.443. The maximum Gasteiger partial charge on any atom is 0.271 e. The molecule has 162 valence electrons. The van der Waals surface area contributed by atoms with Crippen LogP contribution in [0.2, 0.25) is 0 Å². The van der Waals surface area contributed by atoms with Crippen LogP contribution in [0.25, 0.3) is 10.8 Å². The fourth-order valence-corrected chi connectivity index (χ4v) is 3.49. The van der Waals surface area contributed by atoms with E-state index < -0.39 is 5.91 Å². The number of hydrogen-bond acceptors (Lipinski definition) is 5. The van der Waals surface area contributed by atoms with Gasteiger partial charge in [0.05, 0.1) is 18.2 Å². The molecule has 3 aromatic carbocycles. The summed E-state index contributed by atoms with van der Waals surface area (Å²) in [6.07, 6.45) is 1.86. The number of nitriles is 1. The van der Waals surface area contributed by atoms with Gasteiger partial charge in [-0.2, -0.15) is 10.4 Å². The van der Waals surface area contributed by atoms with Gasteiger partial charge in [0.1, 0.15) is 11.8 Å². The molecule has 0 radical (unpaired) electrons. The zero-order valence-corrected chi connectivity index (χ0v) is 18.0. The lowest BCUT2D eigenvalue weighted by Crippen LogP contribution is -2.31. The first-order valence-corrected chi connectivity index (χ1v) is 10.3. The van der Waals surface area contributed by atoms with E-state index >= 15 is 0 Å². The normalized spacial score (nSPS) is 10.8. The number of nitrogens with zero attached hydrogens (tertiary/aromatic N) is 3. The SMILES string of the molecule is CCN(CC)C(=O)Cc1ccc(/C=N/NC(=O)c2ccc(O)c(C#N)c2)c2ccccc12. The highest BCUT2D eigenvalue weighted by molar-refractivity contribution is 6.03. The number of likely N-dealkylation sites (N-methyl/N-ethyl adjacent to an activating group) is 1. The number of hydrazone groups is 1. The van der Waals surface area contributed by atoms with Gasteiger partial charge in [-0.3, -0.25) is 9.59 Å². The van der Waals surface area contributed by atoms with Crippen molar-refractivity contribution in [3.8, 4) is 11.8 Å². The predicted octanol–water partition coefficient (Wildman–Crippen LogP) is 3.59. The molecule has 3 aromatic rings. The number of carbonyl (C=O) groups excluding carboxylic acids is 2. The second-order valence-corrected chi connectivity index (χ2v) is 7.15. The van der Waals surface area contributed by atoms with Crippen molar-refractivity contribution >= 4 is 28.8 Å². The van der Waals surface area contributed by atoms with Crippen LogP contribution < -0.4 is 5.43 Å². The molecular formula is C25H24N4O3. The number of carbonyl (C=O) groups is 2. The van der Waals surface area contributed by atoms with Crippen LogP contribution in [-0.2, 0) is 11.2 Å². The van der Waals surface area contributed by atoms with Crippen LogP contribution in [0.4, 0.5) is 0 Å². The average Bonchev–Trinajstić information content (AvgIpc) is 2.81. The van der Waals surface area contributed by atoms with Crippen LogP contribution in [0, 0.1) is 11.3 Å². The van der Waals surface area contributed by atoms with Gasteiger partial charge in [0.25, 0.3) is 5.91 Å². The first-order valence-electron chi connectivity index (χ1n) is 10.3. The molecule has 7 heteroatoms. The molecule has 0 heterocycles. The Bertz CT molecular complexity index is 1220. The number of phenols is 1. The van der Waals surface area contributed by atoms with Gasteiger partial charge in [0.2, 0.25) is 5.91 Å². The third-order valence-electron chi connectivity index (χ3n) is 5.25. The Labute approximate surface area is 186 Å². The van der Waals surface area contributed by atoms with Crippen LogP contribution in [0.5, 0.6) is 5.75 Å². The number of aromatic hydroxyl groups is 1. The lowest BCUT2D eigenvalue weighted by Gasteiger charge is -2.19. The first kappa shape index (κ1) is 22.5. The molecule has 0 aliphatic carbocycles. The molecule has 0 aliphatic heterocycles. The lowest BCUT2D eigenvalue weighted by molar-refractivity contribution is -0.130. The van der Waals surface area contributed by atoms with Crippen molar-refractivity contribution < 1.29 is 14.7 Å². The first-order chi connectivity index (χ1) is 15.5. The highest BCUT2D eigenvalue weighted by Crippen LogP contribution is 2.23. The standard InChI is InChI=1S/C25H24N4O3/c1-3-29(4-2)24(31)14-17-9-10-19(22-8-6-5-7-21(17)22)16-27-28-25(32)18-11-12-23(30)20(13-18)15-26/h5-13,16,30H,3-4,14H2,1-2H3,(H,28,32)/b27-16+. The minimum absolute atomic E-state index is 0.0162. The number of rotatable bonds is 7. The molecular weight excluding hydrogens is 404 g/mol. The van der Waals surface area contributed by atoms with Gasteiger partial charge >= 0.3 is 0 Å². The van der Waals surface area contributed by atoms with E-state index in [4.69, 9.17) is 5.26 Å². The second-order valence-electron chi connectivity index (χ2n) is 7.15. The Hall–Kier alpha value is -4.18. The summed E-state index contributed by atoms with van der Waals surface area (Å²) in [4.78, 5) is 26.7. The largest absolute Gasteiger partial charge is 0.507 e. The Balaban J connectivity index is 1.81. The van der Waals surface area contributed by atoms with Gasteiger partial charge in [-0.15, -0.1) is 0 Å². The Morgan fingerprint density at radius 2 is 1.81 bits per heavy atom. The molecule has 0 saturated heterocycles. The molecule has 7 nitrogen and oxygen atoms in total. The summed E-state index contributed by atoms with van der Waals surface area (Å²) in [5.74, 6) is -0.596. The molecule has 32 heavy (non-hydrogen) atoms. The van der Waals surface area contributed by atoms with Gasteiger partial charge in [0.15, 0.2) is 0 Å². The van der Waals surface area contributed by atoms with E-state index in [1.807, 2.05) is 56.3 Å². The van der Waals surface area contributed by atoms with E-state index in [0.717, 1.165) is 21.9 Å². The lowest BCUT2D eigenvalue weighted by atomic mass is 9.98. The smallest absolute Gasteiger partial charge is 0.271 e. The number of hydrogen-bond donors (Lipinski definition) is 2. The average molecular weight is 428 g/mol. The number of benzene rings is 3. The van der Waals surface area contributed by atoms with E-state index in [2.05, 4.69) is 10.5 Å². The van der Waals surface area contributed by atoms with Crippen LogP contribution in [0.15, 0.2) is 59.7 Å². The van der Waals surface area contributed by atoms with E-state index in [9.17, 15) is 14.7 Å². The number of nitrogens with one attached hydrogen (secondary N) is 1. The van der Waals surface area contributed by atoms with Crippen molar-refractivity contribution in [3.05, 3.63) is 76.9 Å². The molecule has 0 atom stereocenters. The Morgan fingerprint density at radius 1 is 1.09 bits per heavy atom. The summed E-state index contributed by atoms with van der Waals surface area (Å²) in [5.41, 5.74) is 4.40. The molecule has 2 amide bonds. The summed E-state index contributed by atoms with van der Waals surface area (Å²) in [5, 5.41) is 24.5. The van der Waals surface area contributed by atoms with E-state index in [1.54, 1.807) is 11.1 Å². The summed E-state index contributed by atoms with van der Waals surface area (Å²) in [7, 11) is 0. The Kier molecular flexibility index (Phi) is 7.19. The van der Waals surface area contributed by atoms with Crippen LogP contribution in [-0.4, -0.2) is 41.1 Å². The van der Waals surface area contributed by atoms with Crippen molar-refractivity contribution in [2.24, 2.45) is 5.10 Å². The molecule has 0 unspecified atom stereocenters. The van der Waals surface area contributed by atoms with Crippen LogP contribution in [0.3, 0.4) is 0 Å². The number of amides is 2. The minimum Gasteiger partial charge on any atom is -0.507 e. The van der Waals surface area contributed by atoms with Gasteiger partial charge < -0.3 is 10.0 Å². The molecule has 3 rings (SSSR count). The van der Waals surface area contributed by atoms with Crippen molar-refractivity contribution in [2.75, 3.05) is 13.1 Å². The van der Waals surface area contributed by atoms with E-state index in [1.165, 1.54) is 18.2 Å². The number of fused-ring (bicyclic) bond motifs is 1. The van der Waals surface area contributed by atoms with Crippen LogP contribution >= 0.6 is 0 Å². The fraction of sp³-hybridized carbons (Fsp3) is 0.200. The summed E-state index contributed by atoms with van der Waals surface area (Å²) in [6.45, 7) is 5.28. The van der Waals surface area contributed by atoms with Crippen molar-refractivity contribution in [2.45, 2.75) is 20.3 Å². The third kappa shape index (κ3) is 4.93. The summed E-state index contributed by atoms with van der Waals surface area (Å²) >= 11 is 0. The molecule has 0 saturated carbocycles. The second kappa shape index (κ2) is 10.2. The maximum absolute atomic E-state index is 12.6. The van der Waals surface area contributed by atoms with Gasteiger partial charge in [-0.25, -0.2) is 5.43 Å². The zero-order valence-electron chi connectivity index (χ0n) is 18.0. The van der Waals surface area contributed by atoms with Crippen molar-refractivity contribution in [3.63, 3.8) is 0 Å². The van der Waals surface area contributed by atoms with Crippen molar-refractivity contribution in [1.29, 1.82) is 5.26 Å². The number of phenolic OH excluding ortho intramolecular Hbond substituents is 1. The maximum atomic E-state index is 12.6. The molecule has 0 fully saturated rings. The molecule has 2 N–H and O–H groups in total. The van der Waals surface area contributed by atoms with E-state index in [-0.39, 0.29) is 22.8 Å². The molecule has 0 bridgehead atoms. The highest BCUT2D eigenvalue weighted by Gasteiger charge is 2.13. The predicted molar refractivity (Wildman–Crippen MR) is 123 cm³/mol. The summed E-state index contributed by atoms with van der Waals surface area (Å²) < 4.78 is 0. The van der Waals surface area contributed by atoms with Gasteiger partial charge in [-0.05, 0) is 48.4 Å². The zero-order chi connectivity index (χ0) is 23.1. The Morgan fingerprint density at radius 3 is 2.50 bits per heavy atom. The van der Waals surface area contributed by atoms with E-state index in [0.29, 0.717) is 19.5 Å². The molecule has 0 aliphatic rings. The minimum atomic E-state index is -0.497. The van der Waals surface area contributed by atoms with Gasteiger partial charge in [-0.1, -0.05) is 36.4 Å². The topological polar surface area (TPSA) is 106 Å². The monoisotopic (exact) mass is 428 g/mol. The highest BCUT2D eigenvalue weighted by atomic mass is 16.3. The fourth-order valence-electron chi connectivity index (χ4n) is 3.49. The molecule has 0 aromatic heterocycles. The third-order valence-corrected chi connectivity index (χ3v) is 5.25. The van der Waals surface area contributed by atoms with Crippen molar-refractivity contribution in [1.82, 2.24) is 10.3 Å². The molecule has 0 spiro atoms. The summed E-state index contributed by atoms with van der Waals surface area (Å²) in [6, 6.07) is 17.4. The van der Waals surface area contributed by atoms with Gasteiger partial charge in [0, 0.05) is 24.2 Å². The van der Waals surface area contributed by atoms with Crippen LogP contribution in [0.1, 0.15) is 40.9 Å².